The molecular formula is C28H30O2. The van der Waals surface area contributed by atoms with Crippen molar-refractivity contribution in [2.24, 2.45) is 5.41 Å². The molecule has 2 aromatic carbocycles. The fourth-order valence-electron chi connectivity index (χ4n) is 4.01. The van der Waals surface area contributed by atoms with Gasteiger partial charge in [-0.1, -0.05) is 62.1 Å². The van der Waals surface area contributed by atoms with Crippen LogP contribution in [0.1, 0.15) is 80.6 Å². The van der Waals surface area contributed by atoms with Crippen molar-refractivity contribution in [2.75, 3.05) is 0 Å². The molecule has 0 amide bonds. The van der Waals surface area contributed by atoms with Gasteiger partial charge < -0.3 is 5.11 Å². The molecule has 0 unspecified atom stereocenters. The molecule has 154 valence electrons. The lowest BCUT2D eigenvalue weighted by atomic mass is 9.70. The van der Waals surface area contributed by atoms with Crippen LogP contribution < -0.4 is 0 Å². The normalized spacial score (nSPS) is 15.1. The minimum absolute atomic E-state index is 0.0509. The maximum atomic E-state index is 11.1. The van der Waals surface area contributed by atoms with Crippen LogP contribution in [0, 0.1) is 17.3 Å². The van der Waals surface area contributed by atoms with Gasteiger partial charge >= 0.3 is 5.97 Å². The summed E-state index contributed by atoms with van der Waals surface area (Å²) in [4.78, 5) is 11.1. The molecule has 0 spiro atoms. The molecule has 0 saturated carbocycles. The van der Waals surface area contributed by atoms with Crippen LogP contribution >= 0.6 is 0 Å². The first-order chi connectivity index (χ1) is 13.9. The molecule has 0 saturated heterocycles. The molecule has 2 aromatic rings. The summed E-state index contributed by atoms with van der Waals surface area (Å²) in [5.41, 5.74) is 8.01. The van der Waals surface area contributed by atoms with Gasteiger partial charge in [-0.2, -0.15) is 0 Å². The van der Waals surface area contributed by atoms with Gasteiger partial charge in [0.25, 0.3) is 0 Å². The second-order valence-corrected chi connectivity index (χ2v) is 9.84. The number of fused-ring (bicyclic) bond motifs is 1. The predicted molar refractivity (Wildman–Crippen MR) is 125 cm³/mol. The van der Waals surface area contributed by atoms with E-state index in [1.807, 2.05) is 12.1 Å². The Morgan fingerprint density at radius 2 is 1.60 bits per heavy atom. The van der Waals surface area contributed by atoms with Gasteiger partial charge in [0.05, 0.1) is 5.56 Å². The van der Waals surface area contributed by atoms with Crippen molar-refractivity contribution in [3.8, 4) is 11.8 Å². The largest absolute Gasteiger partial charge is 0.478 e. The first-order valence-electron chi connectivity index (χ1n) is 10.3. The van der Waals surface area contributed by atoms with Crippen molar-refractivity contribution in [2.45, 2.75) is 53.4 Å². The fourth-order valence-corrected chi connectivity index (χ4v) is 4.01. The van der Waals surface area contributed by atoms with E-state index in [1.165, 1.54) is 16.7 Å². The number of allylic oxidation sites excluding steroid dienone is 2. The fraction of sp³-hybridized carbons (Fsp3) is 0.321. The number of carbonyl (C=O) groups is 1. The highest BCUT2D eigenvalue weighted by Gasteiger charge is 2.31. The highest BCUT2D eigenvalue weighted by Crippen LogP contribution is 2.43. The Morgan fingerprint density at radius 1 is 1.03 bits per heavy atom. The van der Waals surface area contributed by atoms with E-state index >= 15 is 0 Å². The molecule has 0 aromatic heterocycles. The second-order valence-electron chi connectivity index (χ2n) is 9.84. The van der Waals surface area contributed by atoms with Crippen molar-refractivity contribution in [3.05, 3.63) is 82.4 Å². The first kappa shape index (κ1) is 21.7. The number of carboxylic acids is 1. The molecule has 1 aliphatic carbocycles. The Hall–Kier alpha value is -3.05. The number of carboxylic acid groups (broad SMARTS) is 1. The highest BCUT2D eigenvalue weighted by atomic mass is 16.4. The third-order valence-corrected chi connectivity index (χ3v) is 5.54. The molecule has 0 radical (unpaired) electrons. The van der Waals surface area contributed by atoms with Crippen LogP contribution in [-0.4, -0.2) is 11.1 Å². The summed E-state index contributed by atoms with van der Waals surface area (Å²) in [5.74, 6) is 5.94. The average Bonchev–Trinajstić information content (AvgIpc) is 2.65. The van der Waals surface area contributed by atoms with E-state index in [2.05, 4.69) is 78.2 Å². The SMILES string of the molecule is C=C(c1ccc(C(=O)O)cc1)c1ccc2c(c1)C(C#CC(C)(C)C)=C(C)CC2(C)C. The monoisotopic (exact) mass is 398 g/mol. The Labute approximate surface area is 180 Å². The Morgan fingerprint density at radius 3 is 2.17 bits per heavy atom. The van der Waals surface area contributed by atoms with E-state index in [0.717, 1.165) is 28.7 Å². The van der Waals surface area contributed by atoms with Crippen LogP contribution in [0.2, 0.25) is 0 Å². The molecule has 3 rings (SSSR count). The summed E-state index contributed by atoms with van der Waals surface area (Å²) in [6.45, 7) is 17.4. The van der Waals surface area contributed by atoms with E-state index in [0.29, 0.717) is 0 Å². The number of hydrogen-bond acceptors (Lipinski definition) is 1. The maximum absolute atomic E-state index is 11.1. The summed E-state index contributed by atoms with van der Waals surface area (Å²) in [7, 11) is 0. The van der Waals surface area contributed by atoms with Crippen molar-refractivity contribution >= 4 is 17.1 Å². The zero-order valence-electron chi connectivity index (χ0n) is 18.8. The summed E-state index contributed by atoms with van der Waals surface area (Å²) in [5, 5.41) is 9.13. The zero-order chi connectivity index (χ0) is 22.3. The number of aromatic carboxylic acids is 1. The molecule has 30 heavy (non-hydrogen) atoms. The Bertz CT molecular complexity index is 1110. The van der Waals surface area contributed by atoms with Gasteiger partial charge in [0, 0.05) is 11.0 Å². The van der Waals surface area contributed by atoms with Crippen LogP contribution in [0.15, 0.2) is 54.6 Å². The van der Waals surface area contributed by atoms with Gasteiger partial charge in [-0.05, 0) is 85.6 Å². The molecule has 0 fully saturated rings. The third-order valence-electron chi connectivity index (χ3n) is 5.54. The average molecular weight is 399 g/mol. The van der Waals surface area contributed by atoms with Gasteiger partial charge in [0.1, 0.15) is 0 Å². The standard InChI is InChI=1S/C28H30O2/c1-18-17-28(6,7)25-13-12-22(16-24(25)23(18)14-15-27(3,4)5)19(2)20-8-10-21(11-9-20)26(29)30/h8-13,16H,2,17H2,1,3-7H3,(H,29,30). The van der Waals surface area contributed by atoms with Crippen LogP contribution in [0.25, 0.3) is 11.1 Å². The zero-order valence-corrected chi connectivity index (χ0v) is 18.8. The molecule has 0 atom stereocenters. The molecule has 2 nitrogen and oxygen atoms in total. The molecule has 1 N–H and O–H groups in total. The van der Waals surface area contributed by atoms with Crippen molar-refractivity contribution < 1.29 is 9.90 Å². The van der Waals surface area contributed by atoms with Crippen molar-refractivity contribution in [1.29, 1.82) is 0 Å². The molecule has 2 heteroatoms. The molecule has 1 aliphatic rings. The van der Waals surface area contributed by atoms with Crippen LogP contribution in [-0.2, 0) is 5.41 Å². The van der Waals surface area contributed by atoms with E-state index in [-0.39, 0.29) is 16.4 Å². The van der Waals surface area contributed by atoms with E-state index in [4.69, 9.17) is 5.11 Å². The predicted octanol–water partition coefficient (Wildman–Crippen LogP) is 6.95. The highest BCUT2D eigenvalue weighted by molar-refractivity contribution is 5.90. The Balaban J connectivity index is 2.09. The smallest absolute Gasteiger partial charge is 0.335 e. The van der Waals surface area contributed by atoms with Crippen LogP contribution in [0.3, 0.4) is 0 Å². The van der Waals surface area contributed by atoms with E-state index in [1.54, 1.807) is 12.1 Å². The lowest BCUT2D eigenvalue weighted by molar-refractivity contribution is 0.0697. The summed E-state index contributed by atoms with van der Waals surface area (Å²) in [6, 6.07) is 13.4. The van der Waals surface area contributed by atoms with Gasteiger partial charge in [-0.15, -0.1) is 0 Å². The topological polar surface area (TPSA) is 37.3 Å². The van der Waals surface area contributed by atoms with E-state index in [9.17, 15) is 4.79 Å². The minimum Gasteiger partial charge on any atom is -0.478 e. The summed E-state index contributed by atoms with van der Waals surface area (Å²) < 4.78 is 0. The quantitative estimate of drug-likeness (QED) is 0.568. The van der Waals surface area contributed by atoms with Crippen LogP contribution in [0.5, 0.6) is 0 Å². The molecule has 0 aliphatic heterocycles. The number of hydrogen-bond donors (Lipinski definition) is 1. The molecule has 0 heterocycles. The summed E-state index contributed by atoms with van der Waals surface area (Å²) in [6.07, 6.45) is 0.991. The third kappa shape index (κ3) is 4.41. The summed E-state index contributed by atoms with van der Waals surface area (Å²) >= 11 is 0. The minimum atomic E-state index is -0.925. The molecule has 0 bridgehead atoms. The lowest BCUT2D eigenvalue weighted by Gasteiger charge is -2.34. The Kier molecular flexibility index (Phi) is 5.52. The number of rotatable bonds is 3. The second kappa shape index (κ2) is 7.65. The van der Waals surface area contributed by atoms with Gasteiger partial charge in [-0.25, -0.2) is 4.79 Å². The van der Waals surface area contributed by atoms with Crippen molar-refractivity contribution in [3.63, 3.8) is 0 Å². The lowest BCUT2D eigenvalue weighted by Crippen LogP contribution is -2.23. The maximum Gasteiger partial charge on any atom is 0.335 e. The van der Waals surface area contributed by atoms with Gasteiger partial charge in [0.2, 0.25) is 0 Å². The number of benzene rings is 2. The van der Waals surface area contributed by atoms with Crippen molar-refractivity contribution in [1.82, 2.24) is 0 Å². The van der Waals surface area contributed by atoms with Crippen LogP contribution in [0.4, 0.5) is 0 Å². The molecular weight excluding hydrogens is 368 g/mol. The first-order valence-corrected chi connectivity index (χ1v) is 10.3. The van der Waals surface area contributed by atoms with Gasteiger partial charge in [-0.3, -0.25) is 0 Å². The van der Waals surface area contributed by atoms with Gasteiger partial charge in [0.15, 0.2) is 0 Å². The van der Waals surface area contributed by atoms with E-state index < -0.39 is 5.97 Å².